The highest BCUT2D eigenvalue weighted by Crippen LogP contribution is 2.23. The Hall–Kier alpha value is -1.02. The minimum Gasteiger partial charge on any atom is -0.493 e. The van der Waals surface area contributed by atoms with Crippen LogP contribution in [0.4, 0.5) is 0 Å². The van der Waals surface area contributed by atoms with E-state index in [0.717, 1.165) is 18.8 Å². The van der Waals surface area contributed by atoms with E-state index in [-0.39, 0.29) is 0 Å². The molecule has 0 bridgehead atoms. The zero-order valence-electron chi connectivity index (χ0n) is 14.7. The third-order valence-corrected chi connectivity index (χ3v) is 4.28. The molecule has 1 aromatic rings. The van der Waals surface area contributed by atoms with Gasteiger partial charge in [-0.15, -0.1) is 0 Å². The van der Waals surface area contributed by atoms with Crippen LogP contribution in [0.15, 0.2) is 12.1 Å². The molecule has 0 aromatic heterocycles. The minimum atomic E-state index is 0.842. The molecule has 1 aromatic carbocycles. The second kappa shape index (κ2) is 9.83. The summed E-state index contributed by atoms with van der Waals surface area (Å²) < 4.78 is 5.96. The van der Waals surface area contributed by atoms with E-state index in [1.165, 1.54) is 55.6 Å². The first-order valence-corrected chi connectivity index (χ1v) is 8.51. The summed E-state index contributed by atoms with van der Waals surface area (Å²) in [4.78, 5) is 2.50. The molecule has 0 saturated heterocycles. The molecule has 0 radical (unpaired) electrons. The zero-order chi connectivity index (χ0) is 15.7. The molecular weight excluding hydrogens is 258 g/mol. The van der Waals surface area contributed by atoms with Gasteiger partial charge in [-0.2, -0.15) is 0 Å². The van der Waals surface area contributed by atoms with Gasteiger partial charge in [-0.1, -0.05) is 32.8 Å². The van der Waals surface area contributed by atoms with E-state index in [9.17, 15) is 0 Å². The minimum absolute atomic E-state index is 0.842. The first-order chi connectivity index (χ1) is 10.1. The Balaban J connectivity index is 2.17. The first-order valence-electron chi connectivity index (χ1n) is 8.51. The van der Waals surface area contributed by atoms with Crippen molar-refractivity contribution in [3.8, 4) is 5.75 Å². The Morgan fingerprint density at radius 1 is 0.905 bits per heavy atom. The fourth-order valence-corrected chi connectivity index (χ4v) is 2.66. The van der Waals surface area contributed by atoms with Gasteiger partial charge in [0, 0.05) is 0 Å². The lowest BCUT2D eigenvalue weighted by Gasteiger charge is -2.17. The molecule has 0 fully saturated rings. The van der Waals surface area contributed by atoms with Gasteiger partial charge in [0.25, 0.3) is 0 Å². The summed E-state index contributed by atoms with van der Waals surface area (Å²) in [6.07, 6.45) is 5.05. The van der Waals surface area contributed by atoms with Crippen LogP contribution in [0.5, 0.6) is 5.75 Å². The molecule has 21 heavy (non-hydrogen) atoms. The summed E-state index contributed by atoms with van der Waals surface area (Å²) in [7, 11) is 0. The SMILES string of the molecule is CCN(CC)CCCCCCOc1cc(C)cc(C)c1C. The highest BCUT2D eigenvalue weighted by atomic mass is 16.5. The van der Waals surface area contributed by atoms with Crippen LogP contribution in [-0.2, 0) is 0 Å². The fourth-order valence-electron chi connectivity index (χ4n) is 2.66. The third kappa shape index (κ3) is 6.52. The fraction of sp³-hybridized carbons (Fsp3) is 0.684. The summed E-state index contributed by atoms with van der Waals surface area (Å²) in [5.41, 5.74) is 3.89. The summed E-state index contributed by atoms with van der Waals surface area (Å²) in [6, 6.07) is 4.37. The average Bonchev–Trinajstić information content (AvgIpc) is 2.46. The van der Waals surface area contributed by atoms with Crippen molar-refractivity contribution >= 4 is 0 Å². The number of hydrogen-bond donors (Lipinski definition) is 0. The van der Waals surface area contributed by atoms with Crippen LogP contribution in [0.2, 0.25) is 0 Å². The lowest BCUT2D eigenvalue weighted by atomic mass is 10.1. The topological polar surface area (TPSA) is 12.5 Å². The van der Waals surface area contributed by atoms with Crippen LogP contribution < -0.4 is 4.74 Å². The Morgan fingerprint density at radius 2 is 1.57 bits per heavy atom. The van der Waals surface area contributed by atoms with Crippen LogP contribution in [-0.4, -0.2) is 31.1 Å². The maximum Gasteiger partial charge on any atom is 0.122 e. The van der Waals surface area contributed by atoms with Gasteiger partial charge in [-0.25, -0.2) is 0 Å². The number of aryl methyl sites for hydroxylation is 2. The molecule has 0 spiro atoms. The lowest BCUT2D eigenvalue weighted by molar-refractivity contribution is 0.284. The number of ether oxygens (including phenoxy) is 1. The van der Waals surface area contributed by atoms with Crippen molar-refractivity contribution in [3.63, 3.8) is 0 Å². The van der Waals surface area contributed by atoms with Crippen molar-refractivity contribution in [2.45, 2.75) is 60.3 Å². The predicted molar refractivity (Wildman–Crippen MR) is 92.4 cm³/mol. The number of nitrogens with zero attached hydrogens (tertiary/aromatic N) is 1. The molecule has 1 rings (SSSR count). The number of unbranched alkanes of at least 4 members (excludes halogenated alkanes) is 3. The Morgan fingerprint density at radius 3 is 2.24 bits per heavy atom. The van der Waals surface area contributed by atoms with Crippen molar-refractivity contribution in [1.82, 2.24) is 4.90 Å². The van der Waals surface area contributed by atoms with Gasteiger partial charge in [0.2, 0.25) is 0 Å². The maximum atomic E-state index is 5.96. The van der Waals surface area contributed by atoms with E-state index in [1.54, 1.807) is 0 Å². The lowest BCUT2D eigenvalue weighted by Crippen LogP contribution is -2.23. The molecule has 0 aliphatic carbocycles. The van der Waals surface area contributed by atoms with Gasteiger partial charge < -0.3 is 9.64 Å². The van der Waals surface area contributed by atoms with E-state index in [4.69, 9.17) is 4.74 Å². The second-order valence-corrected chi connectivity index (χ2v) is 5.99. The van der Waals surface area contributed by atoms with Gasteiger partial charge >= 0.3 is 0 Å². The van der Waals surface area contributed by atoms with Crippen LogP contribution in [0.3, 0.4) is 0 Å². The van der Waals surface area contributed by atoms with E-state index in [2.05, 4.69) is 51.7 Å². The van der Waals surface area contributed by atoms with Crippen LogP contribution in [0.1, 0.15) is 56.2 Å². The van der Waals surface area contributed by atoms with Gasteiger partial charge in [-0.05, 0) is 76.0 Å². The summed E-state index contributed by atoms with van der Waals surface area (Å²) in [5, 5.41) is 0. The number of rotatable bonds is 10. The zero-order valence-corrected chi connectivity index (χ0v) is 14.7. The molecule has 0 N–H and O–H groups in total. The monoisotopic (exact) mass is 291 g/mol. The number of benzene rings is 1. The molecule has 0 unspecified atom stereocenters. The van der Waals surface area contributed by atoms with Gasteiger partial charge in [0.15, 0.2) is 0 Å². The van der Waals surface area contributed by atoms with E-state index in [1.807, 2.05) is 0 Å². The standard InChI is InChI=1S/C19H33NO/c1-6-20(7-2)12-10-8-9-11-13-21-19-15-16(3)14-17(4)18(19)5/h14-15H,6-13H2,1-5H3. The molecule has 0 heterocycles. The van der Waals surface area contributed by atoms with E-state index < -0.39 is 0 Å². The normalized spacial score (nSPS) is 11.1. The quantitative estimate of drug-likeness (QED) is 0.569. The molecule has 120 valence electrons. The van der Waals surface area contributed by atoms with E-state index in [0.29, 0.717) is 0 Å². The first kappa shape index (κ1) is 18.0. The highest BCUT2D eigenvalue weighted by Gasteiger charge is 2.04. The van der Waals surface area contributed by atoms with E-state index >= 15 is 0 Å². The molecule has 0 amide bonds. The van der Waals surface area contributed by atoms with Gasteiger partial charge in [0.1, 0.15) is 5.75 Å². The molecule has 0 atom stereocenters. The van der Waals surface area contributed by atoms with Crippen molar-refractivity contribution in [2.75, 3.05) is 26.2 Å². The smallest absolute Gasteiger partial charge is 0.122 e. The van der Waals surface area contributed by atoms with Crippen molar-refractivity contribution < 1.29 is 4.74 Å². The molecular formula is C19H33NO. The van der Waals surface area contributed by atoms with Crippen molar-refractivity contribution in [1.29, 1.82) is 0 Å². The molecule has 0 aliphatic heterocycles. The van der Waals surface area contributed by atoms with Crippen LogP contribution >= 0.6 is 0 Å². The summed E-state index contributed by atoms with van der Waals surface area (Å²) >= 11 is 0. The van der Waals surface area contributed by atoms with Crippen molar-refractivity contribution in [3.05, 3.63) is 28.8 Å². The second-order valence-electron chi connectivity index (χ2n) is 5.99. The Labute approximate surface area is 131 Å². The highest BCUT2D eigenvalue weighted by molar-refractivity contribution is 5.41. The molecule has 2 nitrogen and oxygen atoms in total. The number of hydrogen-bond acceptors (Lipinski definition) is 2. The van der Waals surface area contributed by atoms with Gasteiger partial charge in [0.05, 0.1) is 6.61 Å². The van der Waals surface area contributed by atoms with Gasteiger partial charge in [-0.3, -0.25) is 0 Å². The molecule has 0 saturated carbocycles. The summed E-state index contributed by atoms with van der Waals surface area (Å²) in [5.74, 6) is 1.07. The Kier molecular flexibility index (Phi) is 8.44. The Bertz CT molecular complexity index is 410. The average molecular weight is 291 g/mol. The van der Waals surface area contributed by atoms with Crippen LogP contribution in [0, 0.1) is 20.8 Å². The largest absolute Gasteiger partial charge is 0.493 e. The molecule has 2 heteroatoms. The maximum absolute atomic E-state index is 5.96. The summed E-state index contributed by atoms with van der Waals surface area (Å²) in [6.45, 7) is 15.3. The predicted octanol–water partition coefficient (Wildman–Crippen LogP) is 4.89. The molecule has 0 aliphatic rings. The third-order valence-electron chi connectivity index (χ3n) is 4.28. The van der Waals surface area contributed by atoms with Crippen molar-refractivity contribution in [2.24, 2.45) is 0 Å². The van der Waals surface area contributed by atoms with Crippen LogP contribution in [0.25, 0.3) is 0 Å².